The van der Waals surface area contributed by atoms with E-state index in [2.05, 4.69) is 108 Å². The van der Waals surface area contributed by atoms with Crippen molar-refractivity contribution < 1.29 is 0 Å². The molecule has 0 radical (unpaired) electrons. The molecule has 0 saturated heterocycles. The predicted molar refractivity (Wildman–Crippen MR) is 153 cm³/mol. The maximum atomic E-state index is 2.56. The van der Waals surface area contributed by atoms with E-state index < -0.39 is 0 Å². The van der Waals surface area contributed by atoms with Crippen molar-refractivity contribution in [2.24, 2.45) is 0 Å². The molecular weight excluding hydrogens is 436 g/mol. The van der Waals surface area contributed by atoms with Crippen molar-refractivity contribution in [3.05, 3.63) is 118 Å². The summed E-state index contributed by atoms with van der Waals surface area (Å²) in [5.41, 5.74) is 14.2. The van der Waals surface area contributed by atoms with Crippen LogP contribution < -0.4 is 0 Å². The van der Waals surface area contributed by atoms with Gasteiger partial charge >= 0.3 is 0 Å². The fourth-order valence-electron chi connectivity index (χ4n) is 6.57. The normalized spacial score (nSPS) is 14.5. The number of benzene rings is 3. The van der Waals surface area contributed by atoms with Gasteiger partial charge in [-0.15, -0.1) is 0 Å². The maximum Gasteiger partial charge on any atom is 0.0491 e. The molecule has 7 rings (SSSR count). The Kier molecular flexibility index (Phi) is 5.02. The molecule has 0 amide bonds. The summed E-state index contributed by atoms with van der Waals surface area (Å²) in [6.07, 6.45) is 13.9. The summed E-state index contributed by atoms with van der Waals surface area (Å²) in [6, 6.07) is 22.6. The quantitative estimate of drug-likeness (QED) is 0.251. The van der Waals surface area contributed by atoms with Gasteiger partial charge in [0, 0.05) is 46.3 Å². The summed E-state index contributed by atoms with van der Waals surface area (Å²) in [5, 5.41) is 2.83. The first-order valence-corrected chi connectivity index (χ1v) is 13.3. The largest absolute Gasteiger partial charge is 0.336 e. The van der Waals surface area contributed by atoms with Crippen LogP contribution in [0, 0.1) is 13.8 Å². The number of aryl methyl sites for hydroxylation is 4. The summed E-state index contributed by atoms with van der Waals surface area (Å²) < 4.78 is 5.13. The highest BCUT2D eigenvalue weighted by molar-refractivity contribution is 5.90. The van der Waals surface area contributed by atoms with Gasteiger partial charge in [-0.25, -0.2) is 0 Å². The molecule has 0 atom stereocenters. The molecule has 2 heterocycles. The molecule has 2 aliphatic carbocycles. The van der Waals surface area contributed by atoms with Gasteiger partial charge in [0.1, 0.15) is 0 Å². The second-order valence-corrected chi connectivity index (χ2v) is 10.5. The van der Waals surface area contributed by atoms with Crippen molar-refractivity contribution in [1.29, 1.82) is 0 Å². The highest BCUT2D eigenvalue weighted by atomic mass is 15.0. The van der Waals surface area contributed by atoms with Crippen molar-refractivity contribution in [3.63, 3.8) is 0 Å². The van der Waals surface area contributed by atoms with Crippen LogP contribution in [0.3, 0.4) is 0 Å². The molecule has 3 aromatic carbocycles. The Balaban J connectivity index is 1.40. The van der Waals surface area contributed by atoms with Gasteiger partial charge in [0.15, 0.2) is 0 Å². The van der Waals surface area contributed by atoms with Crippen molar-refractivity contribution in [2.75, 3.05) is 0 Å². The SMILES string of the molecule is Cc1ccc(C)c(Cn2c3c(c4ccccc42)CCC=C3)c1Cn1c2c(c3ccccc31)CCC=C2. The third-order valence-corrected chi connectivity index (χ3v) is 8.45. The van der Waals surface area contributed by atoms with E-state index in [1.165, 1.54) is 66.6 Å². The van der Waals surface area contributed by atoms with Crippen LogP contribution in [-0.2, 0) is 25.9 Å². The van der Waals surface area contributed by atoms with Crippen LogP contribution in [-0.4, -0.2) is 9.13 Å². The van der Waals surface area contributed by atoms with Gasteiger partial charge in [-0.1, -0.05) is 60.7 Å². The van der Waals surface area contributed by atoms with Crippen LogP contribution in [0.5, 0.6) is 0 Å². The molecule has 0 aliphatic heterocycles. The second-order valence-electron chi connectivity index (χ2n) is 10.5. The lowest BCUT2D eigenvalue weighted by Crippen LogP contribution is -2.13. The highest BCUT2D eigenvalue weighted by Gasteiger charge is 2.21. The van der Waals surface area contributed by atoms with Crippen molar-refractivity contribution in [3.8, 4) is 0 Å². The van der Waals surface area contributed by atoms with E-state index >= 15 is 0 Å². The molecule has 2 aliphatic rings. The smallest absolute Gasteiger partial charge is 0.0491 e. The average molecular weight is 469 g/mol. The zero-order chi connectivity index (χ0) is 24.2. The zero-order valence-electron chi connectivity index (χ0n) is 21.2. The monoisotopic (exact) mass is 468 g/mol. The van der Waals surface area contributed by atoms with Gasteiger partial charge in [-0.05, 0) is 97.2 Å². The van der Waals surface area contributed by atoms with E-state index in [9.17, 15) is 0 Å². The van der Waals surface area contributed by atoms with E-state index in [4.69, 9.17) is 0 Å². The van der Waals surface area contributed by atoms with Crippen molar-refractivity contribution in [2.45, 2.75) is 52.6 Å². The van der Waals surface area contributed by atoms with Crippen molar-refractivity contribution in [1.82, 2.24) is 9.13 Å². The Morgan fingerprint density at radius 3 is 1.50 bits per heavy atom. The first kappa shape index (κ1) is 21.5. The molecule has 0 unspecified atom stereocenters. The van der Waals surface area contributed by atoms with E-state index in [0.29, 0.717) is 0 Å². The molecular formula is C34H32N2. The number of allylic oxidation sites excluding steroid dienone is 2. The number of aromatic nitrogens is 2. The molecule has 2 nitrogen and oxygen atoms in total. The molecule has 0 spiro atoms. The Morgan fingerprint density at radius 2 is 1.03 bits per heavy atom. The molecule has 36 heavy (non-hydrogen) atoms. The molecule has 2 heteroatoms. The maximum absolute atomic E-state index is 2.56. The summed E-state index contributed by atoms with van der Waals surface area (Å²) in [5.74, 6) is 0. The first-order chi connectivity index (χ1) is 17.7. The van der Waals surface area contributed by atoms with Crippen LogP contribution in [0.4, 0.5) is 0 Å². The fourth-order valence-corrected chi connectivity index (χ4v) is 6.57. The molecule has 178 valence electrons. The molecule has 0 saturated carbocycles. The van der Waals surface area contributed by atoms with E-state index in [1.54, 1.807) is 0 Å². The van der Waals surface area contributed by atoms with E-state index in [-0.39, 0.29) is 0 Å². The lowest BCUT2D eigenvalue weighted by atomic mass is 9.96. The highest BCUT2D eigenvalue weighted by Crippen LogP contribution is 2.35. The van der Waals surface area contributed by atoms with Gasteiger partial charge < -0.3 is 9.13 Å². The number of hydrogen-bond donors (Lipinski definition) is 0. The van der Waals surface area contributed by atoms with E-state index in [0.717, 1.165) is 38.8 Å². The molecule has 0 fully saturated rings. The molecule has 0 N–H and O–H groups in total. The molecule has 5 aromatic rings. The average Bonchev–Trinajstić information content (AvgIpc) is 3.41. The summed E-state index contributed by atoms with van der Waals surface area (Å²) in [7, 11) is 0. The predicted octanol–water partition coefficient (Wildman–Crippen LogP) is 8.23. The standard InChI is InChI=1S/C34H32N2/c1-23-19-20-24(2)30(22-36-33-17-9-5-13-27(33)28-14-6-10-18-34(28)36)29(23)21-35-31-15-7-3-11-25(31)26-12-4-8-16-32(26)35/h3,5,7-11,13,15-20H,4,6,12,14,21-22H2,1-2H3. The minimum Gasteiger partial charge on any atom is -0.336 e. The Morgan fingerprint density at radius 1 is 0.583 bits per heavy atom. The number of nitrogens with zero attached hydrogens (tertiary/aromatic N) is 2. The van der Waals surface area contributed by atoms with Crippen LogP contribution in [0.15, 0.2) is 72.8 Å². The fraction of sp³-hybridized carbons (Fsp3) is 0.235. The Labute approximate surface area is 213 Å². The minimum absolute atomic E-state index is 0.903. The molecule has 0 bridgehead atoms. The number of hydrogen-bond acceptors (Lipinski definition) is 0. The Hall–Kier alpha value is -3.78. The minimum atomic E-state index is 0.903. The number of para-hydroxylation sites is 2. The first-order valence-electron chi connectivity index (χ1n) is 13.3. The van der Waals surface area contributed by atoms with Crippen LogP contribution >= 0.6 is 0 Å². The van der Waals surface area contributed by atoms with Crippen molar-refractivity contribution >= 4 is 34.0 Å². The second kappa shape index (κ2) is 8.41. The summed E-state index contributed by atoms with van der Waals surface area (Å²) in [6.45, 7) is 6.38. The third-order valence-electron chi connectivity index (χ3n) is 8.45. The lowest BCUT2D eigenvalue weighted by molar-refractivity contribution is 0.756. The topological polar surface area (TPSA) is 9.86 Å². The van der Waals surface area contributed by atoms with E-state index in [1.807, 2.05) is 0 Å². The van der Waals surface area contributed by atoms with Gasteiger partial charge in [-0.2, -0.15) is 0 Å². The van der Waals surface area contributed by atoms with Crippen LogP contribution in [0.1, 0.15) is 57.6 Å². The zero-order valence-corrected chi connectivity index (χ0v) is 21.2. The Bertz CT molecular complexity index is 1580. The third kappa shape index (κ3) is 3.24. The van der Waals surface area contributed by atoms with Gasteiger partial charge in [0.2, 0.25) is 0 Å². The summed E-state index contributed by atoms with van der Waals surface area (Å²) in [4.78, 5) is 0. The lowest BCUT2D eigenvalue weighted by Gasteiger charge is -2.21. The van der Waals surface area contributed by atoms with Crippen LogP contribution in [0.2, 0.25) is 0 Å². The number of fused-ring (bicyclic) bond motifs is 6. The van der Waals surface area contributed by atoms with Gasteiger partial charge in [0.05, 0.1) is 0 Å². The van der Waals surface area contributed by atoms with Gasteiger partial charge in [-0.3, -0.25) is 0 Å². The van der Waals surface area contributed by atoms with Crippen LogP contribution in [0.25, 0.3) is 34.0 Å². The molecule has 2 aromatic heterocycles. The van der Waals surface area contributed by atoms with Gasteiger partial charge in [0.25, 0.3) is 0 Å². The number of rotatable bonds is 4. The summed E-state index contributed by atoms with van der Waals surface area (Å²) >= 11 is 0.